The maximum absolute atomic E-state index is 10.1. The molecule has 1 aliphatic heterocycles. The van der Waals surface area contributed by atoms with Crippen LogP contribution in [0.25, 0.3) is 0 Å². The van der Waals surface area contributed by atoms with E-state index in [9.17, 15) is 5.11 Å². The molecule has 0 aromatic carbocycles. The summed E-state index contributed by atoms with van der Waals surface area (Å²) in [5.74, 6) is 0. The zero-order valence-electron chi connectivity index (χ0n) is 6.86. The van der Waals surface area contributed by atoms with E-state index in [4.69, 9.17) is 4.74 Å². The monoisotopic (exact) mass is 185 g/mol. The molecule has 0 radical (unpaired) electrons. The number of hydrogen-bond acceptors (Lipinski definition) is 4. The smallest absolute Gasteiger partial charge is 0.135 e. The first kappa shape index (κ1) is 8.16. The van der Waals surface area contributed by atoms with Crippen molar-refractivity contribution >= 4 is 11.5 Å². The van der Waals surface area contributed by atoms with Crippen LogP contribution in [0.15, 0.2) is 11.4 Å². The van der Waals surface area contributed by atoms with Gasteiger partial charge in [-0.25, -0.2) is 0 Å². The van der Waals surface area contributed by atoms with Crippen LogP contribution in [0.5, 0.6) is 0 Å². The lowest BCUT2D eigenvalue weighted by Gasteiger charge is -2.23. The minimum atomic E-state index is -0.847. The second kappa shape index (κ2) is 2.80. The fraction of sp³-hybridized carbons (Fsp3) is 0.625. The quantitative estimate of drug-likeness (QED) is 0.713. The third-order valence-electron chi connectivity index (χ3n) is 2.40. The van der Waals surface area contributed by atoms with Crippen molar-refractivity contribution in [1.29, 1.82) is 0 Å². The molecule has 0 bridgehead atoms. The van der Waals surface area contributed by atoms with Crippen molar-refractivity contribution in [2.24, 2.45) is 0 Å². The first-order valence-electron chi connectivity index (χ1n) is 3.98. The van der Waals surface area contributed by atoms with E-state index in [0.717, 1.165) is 5.69 Å². The van der Waals surface area contributed by atoms with E-state index in [1.165, 1.54) is 11.5 Å². The molecule has 4 heteroatoms. The van der Waals surface area contributed by atoms with E-state index in [0.29, 0.717) is 13.0 Å². The Morgan fingerprint density at radius 1 is 1.83 bits per heavy atom. The minimum Gasteiger partial charge on any atom is -0.381 e. The van der Waals surface area contributed by atoms with Crippen LogP contribution in [-0.4, -0.2) is 22.2 Å². The standard InChI is InChI=1S/C8H11NO2S/c1-6-8(10,3-4-11-6)7-2-5-12-9-7/h2,5-6,10H,3-4H2,1H3. The molecule has 1 fully saturated rings. The second-order valence-electron chi connectivity index (χ2n) is 3.07. The van der Waals surface area contributed by atoms with Gasteiger partial charge in [0.05, 0.1) is 18.4 Å². The molecule has 1 aromatic heterocycles. The van der Waals surface area contributed by atoms with Crippen LogP contribution in [-0.2, 0) is 10.3 Å². The molecule has 1 aromatic rings. The van der Waals surface area contributed by atoms with Gasteiger partial charge in [0, 0.05) is 11.8 Å². The van der Waals surface area contributed by atoms with Crippen LogP contribution in [0.1, 0.15) is 19.0 Å². The van der Waals surface area contributed by atoms with Gasteiger partial charge in [0.15, 0.2) is 0 Å². The molecule has 0 saturated carbocycles. The zero-order chi connectivity index (χ0) is 8.60. The lowest BCUT2D eigenvalue weighted by Crippen LogP contribution is -2.33. The molecule has 2 unspecified atom stereocenters. The molecule has 3 nitrogen and oxygen atoms in total. The number of aliphatic hydroxyl groups is 1. The fourth-order valence-electron chi connectivity index (χ4n) is 1.50. The Balaban J connectivity index is 2.32. The van der Waals surface area contributed by atoms with Gasteiger partial charge in [-0.05, 0) is 24.5 Å². The topological polar surface area (TPSA) is 42.4 Å². The van der Waals surface area contributed by atoms with Crippen molar-refractivity contribution < 1.29 is 9.84 Å². The lowest BCUT2D eigenvalue weighted by molar-refractivity contribution is -0.0340. The van der Waals surface area contributed by atoms with Crippen molar-refractivity contribution in [3.05, 3.63) is 17.1 Å². The van der Waals surface area contributed by atoms with Crippen molar-refractivity contribution in [1.82, 2.24) is 4.37 Å². The molecule has 0 amide bonds. The second-order valence-corrected chi connectivity index (χ2v) is 3.74. The maximum Gasteiger partial charge on any atom is 0.135 e. The fourth-order valence-corrected chi connectivity index (χ4v) is 2.09. The summed E-state index contributed by atoms with van der Waals surface area (Å²) in [6.45, 7) is 2.50. The Kier molecular flexibility index (Phi) is 1.90. The van der Waals surface area contributed by atoms with Crippen LogP contribution in [0, 0.1) is 0 Å². The number of nitrogens with zero attached hydrogens (tertiary/aromatic N) is 1. The van der Waals surface area contributed by atoms with Crippen LogP contribution < -0.4 is 0 Å². The van der Waals surface area contributed by atoms with E-state index < -0.39 is 5.60 Å². The summed E-state index contributed by atoms with van der Waals surface area (Å²) >= 11 is 1.36. The van der Waals surface area contributed by atoms with Crippen LogP contribution >= 0.6 is 11.5 Å². The summed E-state index contributed by atoms with van der Waals surface area (Å²) in [6.07, 6.45) is 0.511. The van der Waals surface area contributed by atoms with Crippen molar-refractivity contribution in [3.63, 3.8) is 0 Å². The van der Waals surface area contributed by atoms with E-state index in [1.54, 1.807) is 0 Å². The summed E-state index contributed by atoms with van der Waals surface area (Å²) in [5, 5.41) is 12.0. The Hall–Kier alpha value is -0.450. The molecular formula is C8H11NO2S. The molecular weight excluding hydrogens is 174 g/mol. The molecule has 12 heavy (non-hydrogen) atoms. The Labute approximate surface area is 75.2 Å². The molecule has 1 aliphatic rings. The first-order chi connectivity index (χ1) is 5.73. The molecule has 1 saturated heterocycles. The highest BCUT2D eigenvalue weighted by molar-refractivity contribution is 7.03. The molecule has 0 aliphatic carbocycles. The van der Waals surface area contributed by atoms with Gasteiger partial charge >= 0.3 is 0 Å². The van der Waals surface area contributed by atoms with Crippen LogP contribution in [0.4, 0.5) is 0 Å². The van der Waals surface area contributed by atoms with Gasteiger partial charge in [0.2, 0.25) is 0 Å². The predicted molar refractivity (Wildman–Crippen MR) is 46.0 cm³/mol. The Morgan fingerprint density at radius 3 is 3.17 bits per heavy atom. The summed E-state index contributed by atoms with van der Waals surface area (Å²) in [7, 11) is 0. The molecule has 66 valence electrons. The first-order valence-corrected chi connectivity index (χ1v) is 4.82. The van der Waals surface area contributed by atoms with E-state index in [-0.39, 0.29) is 6.10 Å². The molecule has 2 atom stereocenters. The zero-order valence-corrected chi connectivity index (χ0v) is 7.67. The number of ether oxygens (including phenoxy) is 1. The normalized spacial score (nSPS) is 35.7. The highest BCUT2D eigenvalue weighted by Crippen LogP contribution is 2.34. The highest BCUT2D eigenvalue weighted by Gasteiger charge is 2.42. The van der Waals surface area contributed by atoms with Gasteiger partial charge in [-0.2, -0.15) is 4.37 Å². The van der Waals surface area contributed by atoms with Gasteiger partial charge < -0.3 is 9.84 Å². The lowest BCUT2D eigenvalue weighted by atomic mass is 9.93. The summed E-state index contributed by atoms with van der Waals surface area (Å²) in [6, 6.07) is 1.86. The summed E-state index contributed by atoms with van der Waals surface area (Å²) < 4.78 is 9.44. The summed E-state index contributed by atoms with van der Waals surface area (Å²) in [5.41, 5.74) is -0.0995. The molecule has 0 spiro atoms. The molecule has 2 rings (SSSR count). The average molecular weight is 185 g/mol. The van der Waals surface area contributed by atoms with Crippen LogP contribution in [0.3, 0.4) is 0 Å². The Morgan fingerprint density at radius 2 is 2.67 bits per heavy atom. The van der Waals surface area contributed by atoms with E-state index in [2.05, 4.69) is 4.37 Å². The van der Waals surface area contributed by atoms with Gasteiger partial charge in [-0.1, -0.05) is 0 Å². The maximum atomic E-state index is 10.1. The van der Waals surface area contributed by atoms with E-state index >= 15 is 0 Å². The average Bonchev–Trinajstić information content (AvgIpc) is 2.62. The Bertz CT molecular complexity index is 262. The minimum absolute atomic E-state index is 0.139. The molecule has 2 heterocycles. The number of hydrogen-bond donors (Lipinski definition) is 1. The van der Waals surface area contributed by atoms with E-state index in [1.807, 2.05) is 18.4 Å². The van der Waals surface area contributed by atoms with Crippen LogP contribution in [0.2, 0.25) is 0 Å². The van der Waals surface area contributed by atoms with Gasteiger partial charge in [0.25, 0.3) is 0 Å². The largest absolute Gasteiger partial charge is 0.381 e. The SMILES string of the molecule is CC1OCCC1(O)c1ccsn1. The van der Waals surface area contributed by atoms with Gasteiger partial charge in [0.1, 0.15) is 5.60 Å². The third kappa shape index (κ3) is 1.07. The number of rotatable bonds is 1. The van der Waals surface area contributed by atoms with Gasteiger partial charge in [-0.3, -0.25) is 0 Å². The van der Waals surface area contributed by atoms with Crippen molar-refractivity contribution in [2.45, 2.75) is 25.0 Å². The van der Waals surface area contributed by atoms with Crippen molar-refractivity contribution in [3.8, 4) is 0 Å². The number of aromatic nitrogens is 1. The van der Waals surface area contributed by atoms with Crippen molar-refractivity contribution in [2.75, 3.05) is 6.61 Å². The van der Waals surface area contributed by atoms with Gasteiger partial charge in [-0.15, -0.1) is 0 Å². The highest BCUT2D eigenvalue weighted by atomic mass is 32.1. The predicted octanol–water partition coefficient (Wildman–Crippen LogP) is 1.14. The summed E-state index contributed by atoms with van der Waals surface area (Å²) in [4.78, 5) is 0. The third-order valence-corrected chi connectivity index (χ3v) is 2.96. The molecule has 1 N–H and O–H groups in total.